The standard InChI is InChI=1S/C24H26NO3PS2/c1-19(2)30-29(27,31-22-16-10-5-11-17-22)23(21-14-8-4-9-15-21)25-24(26)28-18-20-12-6-3-7-13-20/h3-17,19,23H,18H2,1-2H3,(H,25,26). The van der Waals surface area contributed by atoms with E-state index in [4.69, 9.17) is 4.74 Å². The summed E-state index contributed by atoms with van der Waals surface area (Å²) in [5.74, 6) is -0.686. The van der Waals surface area contributed by atoms with E-state index in [2.05, 4.69) is 5.32 Å². The van der Waals surface area contributed by atoms with Gasteiger partial charge in [0.1, 0.15) is 12.4 Å². The van der Waals surface area contributed by atoms with E-state index in [1.54, 1.807) is 0 Å². The summed E-state index contributed by atoms with van der Waals surface area (Å²) in [5.41, 5.74) is -1.37. The van der Waals surface area contributed by atoms with E-state index in [0.29, 0.717) is 0 Å². The normalized spacial score (nSPS) is 13.9. The van der Waals surface area contributed by atoms with Gasteiger partial charge in [0.2, 0.25) is 5.55 Å². The van der Waals surface area contributed by atoms with Crippen LogP contribution < -0.4 is 5.32 Å². The maximum atomic E-state index is 14.4. The first kappa shape index (κ1) is 23.5. The van der Waals surface area contributed by atoms with Crippen LogP contribution in [0.2, 0.25) is 0 Å². The van der Waals surface area contributed by atoms with Crippen LogP contribution in [0.25, 0.3) is 0 Å². The lowest BCUT2D eigenvalue weighted by molar-refractivity contribution is 0.138. The summed E-state index contributed by atoms with van der Waals surface area (Å²) in [5, 5.41) is 3.02. The number of alkyl carbamates (subject to hydrolysis) is 1. The molecule has 0 saturated carbocycles. The molecular weight excluding hydrogens is 445 g/mol. The number of amides is 1. The lowest BCUT2D eigenvalue weighted by Gasteiger charge is -2.28. The molecule has 31 heavy (non-hydrogen) atoms. The van der Waals surface area contributed by atoms with Crippen molar-refractivity contribution in [2.45, 2.75) is 36.4 Å². The average molecular weight is 472 g/mol. The number of carbonyl (C=O) groups excluding carboxylic acids is 1. The van der Waals surface area contributed by atoms with Gasteiger partial charge < -0.3 is 10.1 Å². The molecule has 0 fully saturated rings. The number of ether oxygens (including phenoxy) is 1. The van der Waals surface area contributed by atoms with E-state index in [9.17, 15) is 9.36 Å². The highest BCUT2D eigenvalue weighted by atomic mass is 33.1. The number of benzene rings is 3. The van der Waals surface area contributed by atoms with Crippen molar-refractivity contribution < 1.29 is 14.1 Å². The third-order valence-corrected chi connectivity index (χ3v) is 13.0. The number of nitrogens with one attached hydrogen (secondary N) is 1. The molecule has 1 amide bonds. The molecule has 0 aromatic heterocycles. The van der Waals surface area contributed by atoms with Gasteiger partial charge in [0.25, 0.3) is 0 Å². The minimum atomic E-state index is -3.06. The second kappa shape index (κ2) is 11.5. The Labute approximate surface area is 192 Å². The number of carbonyl (C=O) groups is 1. The number of rotatable bonds is 9. The van der Waals surface area contributed by atoms with Crippen LogP contribution >= 0.6 is 28.3 Å². The largest absolute Gasteiger partial charge is 0.445 e. The lowest BCUT2D eigenvalue weighted by atomic mass is 10.2. The first-order valence-electron chi connectivity index (χ1n) is 10.0. The lowest BCUT2D eigenvalue weighted by Crippen LogP contribution is -2.28. The van der Waals surface area contributed by atoms with Gasteiger partial charge in [-0.25, -0.2) is 4.79 Å². The summed E-state index contributed by atoms with van der Waals surface area (Å²) in [6.07, 6.45) is -0.587. The molecule has 0 spiro atoms. The Hall–Kier alpha value is -2.14. The van der Waals surface area contributed by atoms with E-state index >= 15 is 0 Å². The van der Waals surface area contributed by atoms with E-state index in [1.165, 1.54) is 22.8 Å². The second-order valence-corrected chi connectivity index (χ2v) is 15.6. The average Bonchev–Trinajstić information content (AvgIpc) is 2.77. The van der Waals surface area contributed by atoms with Crippen LogP contribution in [0, 0.1) is 0 Å². The zero-order chi connectivity index (χ0) is 22.1. The minimum absolute atomic E-state index is 0.121. The summed E-state index contributed by atoms with van der Waals surface area (Å²) >= 11 is 2.73. The van der Waals surface area contributed by atoms with Crippen LogP contribution in [-0.2, 0) is 15.9 Å². The van der Waals surface area contributed by atoms with Crippen molar-refractivity contribution in [3.63, 3.8) is 0 Å². The molecule has 0 heterocycles. The monoisotopic (exact) mass is 471 g/mol. The molecule has 0 saturated heterocycles. The second-order valence-electron chi connectivity index (χ2n) is 7.12. The highest BCUT2D eigenvalue weighted by Crippen LogP contribution is 2.79. The Balaban J connectivity index is 1.86. The molecule has 4 nitrogen and oxygen atoms in total. The Morgan fingerprint density at radius 1 is 0.903 bits per heavy atom. The highest BCUT2D eigenvalue weighted by Gasteiger charge is 2.38. The van der Waals surface area contributed by atoms with Crippen LogP contribution in [0.1, 0.15) is 30.8 Å². The van der Waals surface area contributed by atoms with Gasteiger partial charge in [0, 0.05) is 10.1 Å². The molecule has 162 valence electrons. The predicted octanol–water partition coefficient (Wildman–Crippen LogP) is 7.74. The van der Waals surface area contributed by atoms with Crippen molar-refractivity contribution in [1.82, 2.24) is 5.32 Å². The number of hydrogen-bond acceptors (Lipinski definition) is 5. The first-order valence-corrected chi connectivity index (χ1v) is 14.7. The Kier molecular flexibility index (Phi) is 8.70. The van der Waals surface area contributed by atoms with Crippen molar-refractivity contribution in [1.29, 1.82) is 0 Å². The first-order chi connectivity index (χ1) is 15.0. The van der Waals surface area contributed by atoms with E-state index < -0.39 is 17.4 Å². The van der Waals surface area contributed by atoms with Gasteiger partial charge in [0.15, 0.2) is 0 Å². The van der Waals surface area contributed by atoms with Crippen LogP contribution in [0.5, 0.6) is 0 Å². The third kappa shape index (κ3) is 7.20. The quantitative estimate of drug-likeness (QED) is 0.324. The molecule has 0 radical (unpaired) electrons. The summed E-state index contributed by atoms with van der Waals surface area (Å²) in [4.78, 5) is 13.6. The van der Waals surface area contributed by atoms with Crippen molar-refractivity contribution in [3.8, 4) is 0 Å². The van der Waals surface area contributed by atoms with Crippen LogP contribution in [0.15, 0.2) is 95.9 Å². The third-order valence-electron chi connectivity index (χ3n) is 4.23. The molecule has 0 aliphatic carbocycles. The van der Waals surface area contributed by atoms with Crippen molar-refractivity contribution >= 4 is 34.4 Å². The fraction of sp³-hybridized carbons (Fsp3) is 0.208. The Morgan fingerprint density at radius 3 is 2.03 bits per heavy atom. The molecule has 1 N–H and O–H groups in total. The minimum Gasteiger partial charge on any atom is -0.445 e. The van der Waals surface area contributed by atoms with Gasteiger partial charge in [-0.3, -0.25) is 4.57 Å². The molecule has 0 aliphatic heterocycles. The maximum Gasteiger partial charge on any atom is 0.408 e. The van der Waals surface area contributed by atoms with Gasteiger partial charge >= 0.3 is 6.09 Å². The molecule has 3 aromatic carbocycles. The van der Waals surface area contributed by atoms with Crippen molar-refractivity contribution in [3.05, 3.63) is 102 Å². The fourth-order valence-corrected chi connectivity index (χ4v) is 12.7. The Bertz CT molecular complexity index is 1000. The van der Waals surface area contributed by atoms with E-state index in [0.717, 1.165) is 16.0 Å². The van der Waals surface area contributed by atoms with Crippen molar-refractivity contribution in [2.75, 3.05) is 0 Å². The maximum absolute atomic E-state index is 14.4. The summed E-state index contributed by atoms with van der Waals surface area (Å²) in [7, 11) is 0. The molecule has 0 bridgehead atoms. The zero-order valence-electron chi connectivity index (χ0n) is 17.5. The molecule has 0 aliphatic rings. The van der Waals surface area contributed by atoms with Gasteiger partial charge in [-0.05, 0) is 34.6 Å². The van der Waals surface area contributed by atoms with Gasteiger partial charge in [-0.1, -0.05) is 104 Å². The van der Waals surface area contributed by atoms with Gasteiger partial charge in [-0.15, -0.1) is 0 Å². The molecule has 2 atom stereocenters. The molecule has 2 unspecified atom stereocenters. The van der Waals surface area contributed by atoms with Crippen molar-refractivity contribution in [2.24, 2.45) is 0 Å². The Morgan fingerprint density at radius 2 is 1.45 bits per heavy atom. The summed E-state index contributed by atoms with van der Waals surface area (Å²) in [6.45, 7) is 4.18. The number of hydrogen-bond donors (Lipinski definition) is 1. The van der Waals surface area contributed by atoms with Crippen LogP contribution in [0.4, 0.5) is 4.79 Å². The molecular formula is C24H26NO3PS2. The SMILES string of the molecule is CC(C)SP(=O)(Sc1ccccc1)C(NC(=O)OCc1ccccc1)c1ccccc1. The molecule has 3 rings (SSSR count). The van der Waals surface area contributed by atoms with Crippen LogP contribution in [-0.4, -0.2) is 11.3 Å². The van der Waals surface area contributed by atoms with Gasteiger partial charge in [-0.2, -0.15) is 0 Å². The fourth-order valence-electron chi connectivity index (χ4n) is 2.91. The van der Waals surface area contributed by atoms with Gasteiger partial charge in [0.05, 0.1) is 0 Å². The molecule has 7 heteroatoms. The summed E-state index contributed by atoms with van der Waals surface area (Å²) in [6, 6.07) is 28.6. The van der Waals surface area contributed by atoms with E-state index in [1.807, 2.05) is 105 Å². The molecule has 3 aromatic rings. The topological polar surface area (TPSA) is 55.4 Å². The zero-order valence-corrected chi connectivity index (χ0v) is 20.0. The predicted molar refractivity (Wildman–Crippen MR) is 132 cm³/mol. The highest BCUT2D eigenvalue weighted by molar-refractivity contribution is 8.90. The van der Waals surface area contributed by atoms with E-state index in [-0.39, 0.29) is 11.9 Å². The smallest absolute Gasteiger partial charge is 0.408 e. The van der Waals surface area contributed by atoms with Crippen LogP contribution in [0.3, 0.4) is 0 Å². The summed E-state index contributed by atoms with van der Waals surface area (Å²) < 4.78 is 19.8.